The number of hydrogen-bond acceptors (Lipinski definition) is 6. The number of imide groups is 1. The van der Waals surface area contributed by atoms with Crippen LogP contribution in [0.15, 0.2) is 24.3 Å². The Morgan fingerprint density at radius 2 is 1.93 bits per heavy atom. The average molecular weight is 391 g/mol. The highest BCUT2D eigenvalue weighted by atomic mass is 16.5. The molecule has 10 heteroatoms. The summed E-state index contributed by atoms with van der Waals surface area (Å²) in [7, 11) is 3.11. The van der Waals surface area contributed by atoms with E-state index < -0.39 is 23.4 Å². The van der Waals surface area contributed by atoms with Gasteiger partial charge in [0.15, 0.2) is 0 Å². The van der Waals surface area contributed by atoms with Crippen molar-refractivity contribution in [1.82, 2.24) is 20.7 Å². The fraction of sp³-hybridized carbons (Fsp3) is 0.444. The number of nitrogens with zero attached hydrogens (tertiary/aromatic N) is 2. The molecule has 1 aromatic carbocycles. The second-order valence-corrected chi connectivity index (χ2v) is 6.74. The van der Waals surface area contributed by atoms with Crippen LogP contribution in [0.2, 0.25) is 0 Å². The van der Waals surface area contributed by atoms with Crippen molar-refractivity contribution in [2.24, 2.45) is 0 Å². The summed E-state index contributed by atoms with van der Waals surface area (Å²) < 4.78 is 5.09. The zero-order valence-corrected chi connectivity index (χ0v) is 16.4. The Hall–Kier alpha value is -3.14. The molecule has 1 aliphatic heterocycles. The van der Waals surface area contributed by atoms with Gasteiger partial charge in [-0.3, -0.25) is 24.7 Å². The van der Waals surface area contributed by atoms with Crippen LogP contribution in [0.1, 0.15) is 20.3 Å². The van der Waals surface area contributed by atoms with Crippen LogP contribution >= 0.6 is 0 Å². The number of urea groups is 1. The molecule has 28 heavy (non-hydrogen) atoms. The van der Waals surface area contributed by atoms with Gasteiger partial charge < -0.3 is 15.4 Å². The number of likely N-dealkylation sites (N-methyl/N-ethyl adjacent to an activating group) is 1. The molecule has 1 aliphatic rings. The molecule has 2 rings (SSSR count). The number of anilines is 1. The average Bonchev–Trinajstić information content (AvgIpc) is 2.85. The van der Waals surface area contributed by atoms with Gasteiger partial charge in [-0.05, 0) is 32.5 Å². The van der Waals surface area contributed by atoms with Crippen LogP contribution in [-0.4, -0.2) is 66.4 Å². The number of hydrazine groups is 1. The molecular formula is C18H25N5O5. The molecule has 1 atom stereocenters. The molecule has 0 radical (unpaired) electrons. The number of benzene rings is 1. The molecule has 0 saturated carbocycles. The Balaban J connectivity index is 1.84. The second kappa shape index (κ2) is 8.70. The first kappa shape index (κ1) is 21.2. The third-order valence-electron chi connectivity index (χ3n) is 4.39. The van der Waals surface area contributed by atoms with E-state index in [4.69, 9.17) is 4.74 Å². The minimum Gasteiger partial charge on any atom is -0.497 e. The maximum Gasteiger partial charge on any atom is 0.344 e. The number of hydrogen-bond donors (Lipinski definition) is 3. The molecule has 152 valence electrons. The third kappa shape index (κ3) is 4.97. The minimum atomic E-state index is -1.03. The summed E-state index contributed by atoms with van der Waals surface area (Å²) in [5.41, 5.74) is 1.81. The van der Waals surface area contributed by atoms with E-state index in [0.717, 1.165) is 0 Å². The van der Waals surface area contributed by atoms with Gasteiger partial charge in [-0.2, -0.15) is 5.01 Å². The van der Waals surface area contributed by atoms with Gasteiger partial charge in [0.2, 0.25) is 5.91 Å². The molecule has 0 bridgehead atoms. The van der Waals surface area contributed by atoms with Crippen molar-refractivity contribution in [3.63, 3.8) is 0 Å². The second-order valence-electron chi connectivity index (χ2n) is 6.74. The van der Waals surface area contributed by atoms with Crippen molar-refractivity contribution < 1.29 is 23.9 Å². The summed E-state index contributed by atoms with van der Waals surface area (Å²) in [6, 6.07) is 6.21. The summed E-state index contributed by atoms with van der Waals surface area (Å²) in [5, 5.41) is 5.92. The van der Waals surface area contributed by atoms with Crippen molar-refractivity contribution in [2.75, 3.05) is 32.6 Å². The molecule has 0 spiro atoms. The third-order valence-corrected chi connectivity index (χ3v) is 4.39. The maximum absolute atomic E-state index is 12.3. The Morgan fingerprint density at radius 1 is 1.25 bits per heavy atom. The fourth-order valence-corrected chi connectivity index (χ4v) is 2.63. The van der Waals surface area contributed by atoms with Crippen LogP contribution in [0.3, 0.4) is 0 Å². The molecule has 3 N–H and O–H groups in total. The maximum atomic E-state index is 12.3. The summed E-state index contributed by atoms with van der Waals surface area (Å²) in [4.78, 5) is 49.9. The Bertz CT molecular complexity index is 783. The van der Waals surface area contributed by atoms with Crippen LogP contribution in [-0.2, 0) is 14.4 Å². The molecule has 5 amide bonds. The quantitative estimate of drug-likeness (QED) is 0.549. The van der Waals surface area contributed by atoms with Gasteiger partial charge >= 0.3 is 6.03 Å². The highest BCUT2D eigenvalue weighted by Crippen LogP contribution is 2.19. The van der Waals surface area contributed by atoms with E-state index in [1.54, 1.807) is 45.2 Å². The van der Waals surface area contributed by atoms with Gasteiger partial charge in [-0.25, -0.2) is 4.79 Å². The fourth-order valence-electron chi connectivity index (χ4n) is 2.63. The molecule has 1 unspecified atom stereocenters. The van der Waals surface area contributed by atoms with Crippen molar-refractivity contribution in [2.45, 2.75) is 25.8 Å². The molecule has 1 heterocycles. The van der Waals surface area contributed by atoms with Crippen LogP contribution in [0.4, 0.5) is 10.5 Å². The van der Waals surface area contributed by atoms with Gasteiger partial charge in [0.1, 0.15) is 11.3 Å². The molecule has 1 saturated heterocycles. The van der Waals surface area contributed by atoms with Crippen LogP contribution in [0.5, 0.6) is 5.75 Å². The van der Waals surface area contributed by atoms with E-state index in [2.05, 4.69) is 16.1 Å². The first-order valence-corrected chi connectivity index (χ1v) is 8.77. The SMILES string of the molecule is CCC1(C)NC(=O)N(NC(=O)CN(C)CC(=O)Nc2cccc(OC)c2)C1=O. The lowest BCUT2D eigenvalue weighted by Crippen LogP contribution is -2.51. The van der Waals surface area contributed by atoms with Crippen molar-refractivity contribution in [1.29, 1.82) is 0 Å². The molecule has 0 aliphatic carbocycles. The van der Waals surface area contributed by atoms with Gasteiger partial charge in [-0.1, -0.05) is 13.0 Å². The van der Waals surface area contributed by atoms with Gasteiger partial charge in [-0.15, -0.1) is 0 Å². The van der Waals surface area contributed by atoms with Crippen LogP contribution < -0.4 is 20.8 Å². The number of ether oxygens (including phenoxy) is 1. The number of rotatable bonds is 8. The van der Waals surface area contributed by atoms with Gasteiger partial charge in [0.05, 0.1) is 20.2 Å². The topological polar surface area (TPSA) is 120 Å². The summed E-state index contributed by atoms with van der Waals surface area (Å²) in [6.07, 6.45) is 0.397. The Labute approximate surface area is 163 Å². The number of carbonyl (C=O) groups is 4. The normalized spacial score (nSPS) is 18.8. The highest BCUT2D eigenvalue weighted by Gasteiger charge is 2.47. The van der Waals surface area contributed by atoms with E-state index in [0.29, 0.717) is 22.9 Å². The number of methoxy groups -OCH3 is 1. The van der Waals surface area contributed by atoms with Crippen molar-refractivity contribution in [3.05, 3.63) is 24.3 Å². The summed E-state index contributed by atoms with van der Waals surface area (Å²) in [6.45, 7) is 3.12. The monoisotopic (exact) mass is 391 g/mol. The van der Waals surface area contributed by atoms with E-state index in [-0.39, 0.29) is 19.0 Å². The molecule has 10 nitrogen and oxygen atoms in total. The number of nitrogens with one attached hydrogen (secondary N) is 3. The first-order chi connectivity index (χ1) is 13.2. The Morgan fingerprint density at radius 3 is 2.54 bits per heavy atom. The van der Waals surface area contributed by atoms with Gasteiger partial charge in [0, 0.05) is 11.8 Å². The lowest BCUT2D eigenvalue weighted by atomic mass is 10.00. The highest BCUT2D eigenvalue weighted by molar-refractivity contribution is 6.07. The van der Waals surface area contributed by atoms with Crippen molar-refractivity contribution >= 4 is 29.4 Å². The van der Waals surface area contributed by atoms with Crippen LogP contribution in [0.25, 0.3) is 0 Å². The van der Waals surface area contributed by atoms with E-state index in [1.165, 1.54) is 12.0 Å². The van der Waals surface area contributed by atoms with E-state index >= 15 is 0 Å². The molecule has 0 aromatic heterocycles. The Kier molecular flexibility index (Phi) is 6.57. The smallest absolute Gasteiger partial charge is 0.344 e. The predicted octanol–water partition coefficient (Wildman–Crippen LogP) is 0.317. The largest absolute Gasteiger partial charge is 0.497 e. The van der Waals surface area contributed by atoms with Crippen molar-refractivity contribution in [3.8, 4) is 5.75 Å². The first-order valence-electron chi connectivity index (χ1n) is 8.77. The van der Waals surface area contributed by atoms with Gasteiger partial charge in [0.25, 0.3) is 11.8 Å². The summed E-state index contributed by atoms with van der Waals surface area (Å²) in [5.74, 6) is -0.817. The van der Waals surface area contributed by atoms with E-state index in [9.17, 15) is 19.2 Å². The van der Waals surface area contributed by atoms with Crippen LogP contribution in [0, 0.1) is 0 Å². The lowest BCUT2D eigenvalue weighted by molar-refractivity contribution is -0.139. The number of carbonyl (C=O) groups excluding carboxylic acids is 4. The predicted molar refractivity (Wildman–Crippen MR) is 101 cm³/mol. The molecular weight excluding hydrogens is 366 g/mol. The minimum absolute atomic E-state index is 0.0581. The molecule has 1 fully saturated rings. The zero-order valence-electron chi connectivity index (χ0n) is 16.4. The lowest BCUT2D eigenvalue weighted by Gasteiger charge is -2.20. The zero-order chi connectivity index (χ0) is 20.9. The molecule has 1 aromatic rings. The summed E-state index contributed by atoms with van der Waals surface area (Å²) >= 11 is 0. The number of amides is 5. The standard InChI is InChI=1S/C18H25N5O5/c1-5-18(2)16(26)23(17(27)20-18)21-15(25)11-22(3)10-14(24)19-12-7-6-8-13(9-12)28-4/h6-9H,5,10-11H2,1-4H3,(H,19,24)(H,20,27)(H,21,25). The van der Waals surface area contributed by atoms with E-state index in [1.807, 2.05) is 0 Å².